The van der Waals surface area contributed by atoms with Crippen LogP contribution in [0.3, 0.4) is 0 Å². The van der Waals surface area contributed by atoms with Gasteiger partial charge in [0.1, 0.15) is 0 Å². The van der Waals surface area contributed by atoms with Crippen molar-refractivity contribution in [3.8, 4) is 10.4 Å². The minimum Gasteiger partial charge on any atom is -0.142 e. The maximum atomic E-state index is 2.24. The first kappa shape index (κ1) is 9.13. The van der Waals surface area contributed by atoms with Crippen LogP contribution in [0.4, 0.5) is 0 Å². The Bertz CT molecular complexity index is 584. The first-order chi connectivity index (χ1) is 7.34. The molecule has 0 bridgehead atoms. The predicted molar refractivity (Wildman–Crippen MR) is 69.9 cm³/mol. The number of thiophene rings is 2. The molecule has 74 valence electrons. The van der Waals surface area contributed by atoms with Gasteiger partial charge in [0.15, 0.2) is 0 Å². The fraction of sp³-hybridized carbons (Fsp3) is 0.0769. The van der Waals surface area contributed by atoms with Crippen LogP contribution in [0.25, 0.3) is 20.5 Å². The summed E-state index contributed by atoms with van der Waals surface area (Å²) in [7, 11) is 0. The van der Waals surface area contributed by atoms with Gasteiger partial charge < -0.3 is 0 Å². The second kappa shape index (κ2) is 3.47. The van der Waals surface area contributed by atoms with E-state index in [0.717, 1.165) is 0 Å². The second-order valence-corrected chi connectivity index (χ2v) is 5.43. The fourth-order valence-corrected chi connectivity index (χ4v) is 3.82. The molecule has 0 fully saturated rings. The van der Waals surface area contributed by atoms with Crippen LogP contribution in [0.5, 0.6) is 0 Å². The van der Waals surface area contributed by atoms with E-state index in [9.17, 15) is 0 Å². The summed E-state index contributed by atoms with van der Waals surface area (Å²) < 4.78 is 1.42. The smallest absolute Gasteiger partial charge is 0.0529 e. The number of rotatable bonds is 1. The molecule has 2 heteroatoms. The molecule has 0 nitrogen and oxygen atoms in total. The Morgan fingerprint density at radius 2 is 1.73 bits per heavy atom. The quantitative estimate of drug-likeness (QED) is 0.555. The molecule has 2 aromatic heterocycles. The topological polar surface area (TPSA) is 0 Å². The lowest BCUT2D eigenvalue weighted by atomic mass is 10.1. The Balaban J connectivity index is 2.21. The van der Waals surface area contributed by atoms with Crippen LogP contribution < -0.4 is 0 Å². The predicted octanol–water partition coefficient (Wildman–Crippen LogP) is 4.94. The van der Waals surface area contributed by atoms with Crippen LogP contribution in [0.2, 0.25) is 0 Å². The van der Waals surface area contributed by atoms with E-state index in [0.29, 0.717) is 0 Å². The van der Waals surface area contributed by atoms with E-state index in [1.165, 1.54) is 26.1 Å². The molecule has 0 radical (unpaired) electrons. The first-order valence-corrected chi connectivity index (χ1v) is 6.62. The molecule has 0 unspecified atom stereocenters. The summed E-state index contributed by atoms with van der Waals surface area (Å²) in [5, 5.41) is 5.77. The van der Waals surface area contributed by atoms with Crippen molar-refractivity contribution < 1.29 is 0 Å². The van der Waals surface area contributed by atoms with Crippen LogP contribution in [0.15, 0.2) is 41.1 Å². The van der Waals surface area contributed by atoms with Gasteiger partial charge in [-0.15, -0.1) is 22.7 Å². The highest BCUT2D eigenvalue weighted by atomic mass is 32.1. The third kappa shape index (κ3) is 1.50. The van der Waals surface area contributed by atoms with E-state index in [-0.39, 0.29) is 0 Å². The lowest BCUT2D eigenvalue weighted by Crippen LogP contribution is -1.73. The molecular weight excluding hydrogens is 220 g/mol. The van der Waals surface area contributed by atoms with Crippen LogP contribution in [0.1, 0.15) is 5.56 Å². The van der Waals surface area contributed by atoms with Crippen molar-refractivity contribution in [2.24, 2.45) is 0 Å². The third-order valence-corrected chi connectivity index (χ3v) is 4.64. The Morgan fingerprint density at radius 3 is 2.53 bits per heavy atom. The van der Waals surface area contributed by atoms with E-state index in [2.05, 4.69) is 48.0 Å². The lowest BCUT2D eigenvalue weighted by molar-refractivity contribution is 1.48. The number of aryl methyl sites for hydroxylation is 1. The minimum atomic E-state index is 1.32. The van der Waals surface area contributed by atoms with Gasteiger partial charge in [0.05, 0.1) is 9.58 Å². The van der Waals surface area contributed by atoms with E-state index >= 15 is 0 Å². The normalized spacial score (nSPS) is 11.0. The number of benzene rings is 1. The Morgan fingerprint density at radius 1 is 0.933 bits per heavy atom. The highest BCUT2D eigenvalue weighted by molar-refractivity contribution is 7.24. The zero-order valence-electron chi connectivity index (χ0n) is 8.36. The van der Waals surface area contributed by atoms with Crippen LogP contribution in [0, 0.1) is 6.92 Å². The SMILES string of the molecule is Cc1ccc(-c2scc3ccsc23)cc1. The summed E-state index contributed by atoms with van der Waals surface area (Å²) in [6.45, 7) is 2.12. The van der Waals surface area contributed by atoms with Gasteiger partial charge in [-0.05, 0) is 23.9 Å². The van der Waals surface area contributed by atoms with E-state index in [1.807, 2.05) is 22.7 Å². The van der Waals surface area contributed by atoms with Crippen molar-refractivity contribution >= 4 is 32.8 Å². The molecule has 0 amide bonds. The molecule has 15 heavy (non-hydrogen) atoms. The van der Waals surface area contributed by atoms with Gasteiger partial charge in [-0.3, -0.25) is 0 Å². The monoisotopic (exact) mass is 230 g/mol. The summed E-state index contributed by atoms with van der Waals surface area (Å²) >= 11 is 3.67. The Labute approximate surface area is 96.8 Å². The van der Waals surface area contributed by atoms with Gasteiger partial charge in [-0.1, -0.05) is 29.8 Å². The van der Waals surface area contributed by atoms with Crippen molar-refractivity contribution in [3.05, 3.63) is 46.7 Å². The maximum Gasteiger partial charge on any atom is 0.0529 e. The average molecular weight is 230 g/mol. The zero-order chi connectivity index (χ0) is 10.3. The molecule has 1 aromatic carbocycles. The molecule has 0 atom stereocenters. The zero-order valence-corrected chi connectivity index (χ0v) is 9.99. The average Bonchev–Trinajstić information content (AvgIpc) is 2.80. The molecule has 0 saturated carbocycles. The summed E-state index contributed by atoms with van der Waals surface area (Å²) in [6.07, 6.45) is 0. The Kier molecular flexibility index (Phi) is 2.11. The number of hydrogen-bond donors (Lipinski definition) is 0. The van der Waals surface area contributed by atoms with Gasteiger partial charge in [0.25, 0.3) is 0 Å². The fourth-order valence-electron chi connectivity index (χ4n) is 1.68. The van der Waals surface area contributed by atoms with Gasteiger partial charge in [0, 0.05) is 10.8 Å². The van der Waals surface area contributed by atoms with Crippen molar-refractivity contribution in [2.45, 2.75) is 6.92 Å². The first-order valence-electron chi connectivity index (χ1n) is 4.86. The minimum absolute atomic E-state index is 1.32. The molecule has 0 N–H and O–H groups in total. The highest BCUT2D eigenvalue weighted by Gasteiger charge is 2.06. The maximum absolute atomic E-state index is 2.24. The summed E-state index contributed by atoms with van der Waals surface area (Å²) in [6, 6.07) is 11.0. The van der Waals surface area contributed by atoms with Gasteiger partial charge in [-0.25, -0.2) is 0 Å². The number of hydrogen-bond acceptors (Lipinski definition) is 2. The molecule has 0 aliphatic heterocycles. The molecule has 3 aromatic rings. The second-order valence-electron chi connectivity index (χ2n) is 3.64. The van der Waals surface area contributed by atoms with E-state index < -0.39 is 0 Å². The molecule has 2 heterocycles. The van der Waals surface area contributed by atoms with Crippen LogP contribution in [-0.4, -0.2) is 0 Å². The van der Waals surface area contributed by atoms with Gasteiger partial charge >= 0.3 is 0 Å². The van der Waals surface area contributed by atoms with Gasteiger partial charge in [-0.2, -0.15) is 0 Å². The Hall–Kier alpha value is -1.12. The van der Waals surface area contributed by atoms with Crippen molar-refractivity contribution in [1.82, 2.24) is 0 Å². The van der Waals surface area contributed by atoms with Crippen molar-refractivity contribution in [2.75, 3.05) is 0 Å². The van der Waals surface area contributed by atoms with Gasteiger partial charge in [0.2, 0.25) is 0 Å². The molecule has 0 aliphatic rings. The third-order valence-electron chi connectivity index (χ3n) is 2.52. The summed E-state index contributed by atoms with van der Waals surface area (Å²) in [5.41, 5.74) is 2.65. The largest absolute Gasteiger partial charge is 0.142 e. The summed E-state index contributed by atoms with van der Waals surface area (Å²) in [5.74, 6) is 0. The van der Waals surface area contributed by atoms with Crippen LogP contribution >= 0.6 is 22.7 Å². The van der Waals surface area contributed by atoms with E-state index in [4.69, 9.17) is 0 Å². The summed E-state index contributed by atoms with van der Waals surface area (Å²) in [4.78, 5) is 1.40. The number of fused-ring (bicyclic) bond motifs is 1. The van der Waals surface area contributed by atoms with Crippen LogP contribution in [-0.2, 0) is 0 Å². The standard InChI is InChI=1S/C13H10S2/c1-9-2-4-10(5-3-9)12-13-11(8-15-12)6-7-14-13/h2-8H,1H3. The van der Waals surface area contributed by atoms with Crippen molar-refractivity contribution in [3.63, 3.8) is 0 Å². The van der Waals surface area contributed by atoms with E-state index in [1.54, 1.807) is 0 Å². The van der Waals surface area contributed by atoms with Crippen molar-refractivity contribution in [1.29, 1.82) is 0 Å². The lowest BCUT2D eigenvalue weighted by Gasteiger charge is -1.98. The molecule has 3 rings (SSSR count). The molecule has 0 saturated heterocycles. The molecule has 0 spiro atoms. The molecular formula is C13H10S2. The molecule has 0 aliphatic carbocycles. The highest BCUT2D eigenvalue weighted by Crippen LogP contribution is 2.38.